The molecule has 0 N–H and O–H groups in total. The van der Waals surface area contributed by atoms with Gasteiger partial charge in [-0.25, -0.2) is 4.98 Å². The zero-order valence-electron chi connectivity index (χ0n) is 13.8. The molecule has 120 valence electrons. The third-order valence-corrected chi connectivity index (χ3v) is 4.92. The van der Waals surface area contributed by atoms with Crippen molar-refractivity contribution in [2.75, 3.05) is 0 Å². The highest BCUT2D eigenvalue weighted by atomic mass is 32.1. The van der Waals surface area contributed by atoms with Crippen molar-refractivity contribution in [1.82, 2.24) is 14.8 Å². The van der Waals surface area contributed by atoms with Crippen LogP contribution < -0.4 is 0 Å². The normalized spacial score (nSPS) is 16.1. The van der Waals surface area contributed by atoms with Gasteiger partial charge < -0.3 is 0 Å². The van der Waals surface area contributed by atoms with Crippen LogP contribution in [0.4, 0.5) is 0 Å². The summed E-state index contributed by atoms with van der Waals surface area (Å²) in [5.41, 5.74) is 2.13. The van der Waals surface area contributed by atoms with Crippen molar-refractivity contribution >= 4 is 17.1 Å². The largest absolute Gasteiger partial charge is 0.290 e. The Bertz CT molecular complexity index is 786. The van der Waals surface area contributed by atoms with Gasteiger partial charge >= 0.3 is 0 Å². The molecule has 1 saturated carbocycles. The number of thiazole rings is 1. The Hall–Kier alpha value is -2.00. The fourth-order valence-corrected chi connectivity index (χ4v) is 3.44. The van der Waals surface area contributed by atoms with Gasteiger partial charge in [-0.2, -0.15) is 10.4 Å². The molecule has 1 unspecified atom stereocenters. The first kappa shape index (κ1) is 15.9. The van der Waals surface area contributed by atoms with Crippen molar-refractivity contribution in [1.29, 1.82) is 5.26 Å². The van der Waals surface area contributed by atoms with Crippen LogP contribution in [0.5, 0.6) is 0 Å². The Morgan fingerprint density at radius 1 is 1.48 bits per heavy atom. The van der Waals surface area contributed by atoms with Gasteiger partial charge in [-0.1, -0.05) is 0 Å². The SMILES string of the molecule is Cc1csc(C(C#N)C(=O)c2cc(C3CC3)n(C(C)(C)C)n2)n1. The number of nitrogens with zero attached hydrogens (tertiary/aromatic N) is 4. The van der Waals surface area contributed by atoms with Gasteiger partial charge in [-0.05, 0) is 46.6 Å². The van der Waals surface area contributed by atoms with Crippen LogP contribution in [0.15, 0.2) is 11.4 Å². The fourth-order valence-electron chi connectivity index (χ4n) is 2.60. The van der Waals surface area contributed by atoms with Crippen LogP contribution in [-0.4, -0.2) is 20.5 Å². The molecular formula is C17H20N4OS. The quantitative estimate of drug-likeness (QED) is 0.801. The second-order valence-electron chi connectivity index (χ2n) is 7.06. The van der Waals surface area contributed by atoms with Crippen molar-refractivity contribution in [2.24, 2.45) is 0 Å². The number of nitriles is 1. The monoisotopic (exact) mass is 328 g/mol. The van der Waals surface area contributed by atoms with Crippen LogP contribution in [0.1, 0.15) is 72.3 Å². The Kier molecular flexibility index (Phi) is 3.85. The van der Waals surface area contributed by atoms with E-state index >= 15 is 0 Å². The lowest BCUT2D eigenvalue weighted by Gasteiger charge is -2.22. The Balaban J connectivity index is 1.97. The molecule has 5 nitrogen and oxygen atoms in total. The summed E-state index contributed by atoms with van der Waals surface area (Å²) < 4.78 is 1.94. The summed E-state index contributed by atoms with van der Waals surface area (Å²) in [6, 6.07) is 3.96. The average molecular weight is 328 g/mol. The van der Waals surface area contributed by atoms with E-state index in [0.29, 0.717) is 16.6 Å². The molecule has 0 saturated heterocycles. The molecular weight excluding hydrogens is 308 g/mol. The zero-order valence-corrected chi connectivity index (χ0v) is 14.6. The first-order valence-electron chi connectivity index (χ1n) is 7.77. The number of Topliss-reactive ketones (excluding diaryl/α,β-unsaturated/α-hetero) is 1. The fraction of sp³-hybridized carbons (Fsp3) is 0.529. The molecule has 1 atom stereocenters. The molecule has 6 heteroatoms. The third kappa shape index (κ3) is 3.06. The number of aromatic nitrogens is 3. The van der Waals surface area contributed by atoms with E-state index in [4.69, 9.17) is 0 Å². The second-order valence-corrected chi connectivity index (χ2v) is 7.95. The van der Waals surface area contributed by atoms with Gasteiger partial charge in [0.05, 0.1) is 11.6 Å². The lowest BCUT2D eigenvalue weighted by atomic mass is 10.0. The van der Waals surface area contributed by atoms with Crippen LogP contribution in [0.25, 0.3) is 0 Å². The van der Waals surface area contributed by atoms with E-state index in [0.717, 1.165) is 24.2 Å². The van der Waals surface area contributed by atoms with E-state index in [1.54, 1.807) is 0 Å². The molecule has 0 aliphatic heterocycles. The smallest absolute Gasteiger partial charge is 0.207 e. The van der Waals surface area contributed by atoms with Crippen LogP contribution in [0, 0.1) is 18.3 Å². The Morgan fingerprint density at radius 2 is 2.17 bits per heavy atom. The minimum atomic E-state index is -0.871. The van der Waals surface area contributed by atoms with Gasteiger partial charge in [0.25, 0.3) is 0 Å². The molecule has 0 aromatic carbocycles. The first-order valence-corrected chi connectivity index (χ1v) is 8.65. The van der Waals surface area contributed by atoms with Crippen LogP contribution >= 0.6 is 11.3 Å². The van der Waals surface area contributed by atoms with Crippen molar-refractivity contribution < 1.29 is 4.79 Å². The summed E-state index contributed by atoms with van der Waals surface area (Å²) in [5.74, 6) is -0.637. The molecule has 0 amide bonds. The van der Waals surface area contributed by atoms with Gasteiger partial charge in [0.2, 0.25) is 5.78 Å². The predicted molar refractivity (Wildman–Crippen MR) is 88.7 cm³/mol. The van der Waals surface area contributed by atoms with E-state index in [1.807, 2.05) is 23.1 Å². The van der Waals surface area contributed by atoms with E-state index < -0.39 is 5.92 Å². The highest BCUT2D eigenvalue weighted by molar-refractivity contribution is 7.10. The molecule has 2 heterocycles. The van der Waals surface area contributed by atoms with Gasteiger partial charge in [-0.3, -0.25) is 9.48 Å². The van der Waals surface area contributed by atoms with Crippen molar-refractivity contribution in [3.05, 3.63) is 33.5 Å². The molecule has 0 spiro atoms. The summed E-state index contributed by atoms with van der Waals surface area (Å²) >= 11 is 1.35. The van der Waals surface area contributed by atoms with Crippen LogP contribution in [-0.2, 0) is 5.54 Å². The third-order valence-electron chi connectivity index (χ3n) is 3.90. The summed E-state index contributed by atoms with van der Waals surface area (Å²) in [7, 11) is 0. The lowest BCUT2D eigenvalue weighted by molar-refractivity contribution is 0.0972. The van der Waals surface area contributed by atoms with Gasteiger partial charge in [0.15, 0.2) is 5.92 Å². The van der Waals surface area contributed by atoms with Crippen LogP contribution in [0.3, 0.4) is 0 Å². The summed E-state index contributed by atoms with van der Waals surface area (Å²) in [6.07, 6.45) is 2.28. The summed E-state index contributed by atoms with van der Waals surface area (Å²) in [5, 5.41) is 16.4. The van der Waals surface area contributed by atoms with Gasteiger partial charge in [-0.15, -0.1) is 11.3 Å². The Labute approximate surface area is 140 Å². The maximum Gasteiger partial charge on any atom is 0.207 e. The molecule has 0 radical (unpaired) electrons. The number of rotatable bonds is 4. The lowest BCUT2D eigenvalue weighted by Crippen LogP contribution is -2.25. The van der Waals surface area contributed by atoms with E-state index in [9.17, 15) is 10.1 Å². The molecule has 23 heavy (non-hydrogen) atoms. The minimum absolute atomic E-state index is 0.184. The van der Waals surface area contributed by atoms with Crippen molar-refractivity contribution in [2.45, 2.75) is 57.9 Å². The molecule has 2 aromatic rings. The molecule has 1 aliphatic rings. The van der Waals surface area contributed by atoms with E-state index in [-0.39, 0.29) is 11.3 Å². The number of carbonyl (C=O) groups is 1. The maximum absolute atomic E-state index is 12.8. The zero-order chi connectivity index (χ0) is 16.8. The number of hydrogen-bond donors (Lipinski definition) is 0. The predicted octanol–water partition coefficient (Wildman–Crippen LogP) is 3.77. The van der Waals surface area contributed by atoms with Crippen LogP contribution in [0.2, 0.25) is 0 Å². The average Bonchev–Trinajstić information content (AvgIpc) is 3.06. The summed E-state index contributed by atoms with van der Waals surface area (Å²) in [6.45, 7) is 8.09. The second kappa shape index (κ2) is 5.57. The highest BCUT2D eigenvalue weighted by Gasteiger charge is 2.34. The highest BCUT2D eigenvalue weighted by Crippen LogP contribution is 2.42. The molecule has 2 aromatic heterocycles. The maximum atomic E-state index is 12.8. The van der Waals surface area contributed by atoms with Crippen molar-refractivity contribution in [3.8, 4) is 6.07 Å². The molecule has 1 aliphatic carbocycles. The number of carbonyl (C=O) groups excluding carboxylic acids is 1. The van der Waals surface area contributed by atoms with Crippen molar-refractivity contribution in [3.63, 3.8) is 0 Å². The number of aryl methyl sites for hydroxylation is 1. The van der Waals surface area contributed by atoms with E-state index in [1.165, 1.54) is 11.3 Å². The van der Waals surface area contributed by atoms with Gasteiger partial charge in [0, 0.05) is 22.7 Å². The van der Waals surface area contributed by atoms with E-state index in [2.05, 4.69) is 36.9 Å². The minimum Gasteiger partial charge on any atom is -0.290 e. The molecule has 1 fully saturated rings. The first-order chi connectivity index (χ1) is 10.8. The summed E-state index contributed by atoms with van der Waals surface area (Å²) in [4.78, 5) is 17.1. The van der Waals surface area contributed by atoms with Gasteiger partial charge in [0.1, 0.15) is 10.7 Å². The topological polar surface area (TPSA) is 71.6 Å². The number of ketones is 1. The molecule has 0 bridgehead atoms. The Morgan fingerprint density at radius 3 is 2.65 bits per heavy atom. The molecule has 3 rings (SSSR count). The number of hydrogen-bond acceptors (Lipinski definition) is 5. The standard InChI is InChI=1S/C17H20N4OS/c1-10-9-23-16(19-10)12(8-18)15(22)13-7-14(11-5-6-11)21(20-13)17(2,3)4/h7,9,11-12H,5-6H2,1-4H3.